The maximum atomic E-state index is 11.6. The molecular weight excluding hydrogens is 668 g/mol. The van der Waals surface area contributed by atoms with E-state index in [4.69, 9.17) is 47.4 Å². The van der Waals surface area contributed by atoms with Crippen LogP contribution in [0.5, 0.6) is 0 Å². The van der Waals surface area contributed by atoms with Crippen LogP contribution in [0, 0.1) is 0 Å². The Labute approximate surface area is 319 Å². The summed E-state index contributed by atoms with van der Waals surface area (Å²) >= 11 is 0. The fourth-order valence-electron chi connectivity index (χ4n) is 5.24. The van der Waals surface area contributed by atoms with Crippen LogP contribution in [0.3, 0.4) is 0 Å². The lowest BCUT2D eigenvalue weighted by molar-refractivity contribution is -0.145. The van der Waals surface area contributed by atoms with Gasteiger partial charge in [-0.3, -0.25) is 4.79 Å². The van der Waals surface area contributed by atoms with Crippen LogP contribution in [0.2, 0.25) is 0 Å². The number of ether oxygens (including phenoxy) is 10. The fraction of sp³-hybridized carbons (Fsp3) is 0.976. The molecule has 0 aromatic heterocycles. The topological polar surface area (TPSA) is 109 Å². The van der Waals surface area contributed by atoms with E-state index in [9.17, 15) is 4.79 Å². The van der Waals surface area contributed by atoms with Crippen molar-refractivity contribution in [2.75, 3.05) is 126 Å². The first kappa shape index (κ1) is 51.1. The molecule has 0 bridgehead atoms. The van der Waals surface area contributed by atoms with Gasteiger partial charge in [-0.15, -0.1) is 0 Å². The molecule has 0 amide bonds. The standard InChI is InChI=1S/C41H82O11/c1-3-5-7-9-10-11-12-13-14-15-16-17-18-20-22-43-23-24-44-25-26-45-27-28-46-29-30-47-31-32-48-33-34-49-35-36-50-37-38-51-39-40-52-41(42)21-19-8-6-4-2/h3-40H2,1-2H3. The van der Waals surface area contributed by atoms with E-state index in [1.54, 1.807) is 0 Å². The second-order valence-corrected chi connectivity index (χ2v) is 13.1. The predicted molar refractivity (Wildman–Crippen MR) is 207 cm³/mol. The van der Waals surface area contributed by atoms with Gasteiger partial charge in [0.05, 0.1) is 112 Å². The molecule has 0 unspecified atom stereocenters. The average molecular weight is 751 g/mol. The van der Waals surface area contributed by atoms with Gasteiger partial charge in [0.2, 0.25) is 0 Å². The highest BCUT2D eigenvalue weighted by Gasteiger charge is 2.02. The third-order valence-electron chi connectivity index (χ3n) is 8.34. The molecule has 0 heterocycles. The molecule has 0 aliphatic heterocycles. The first-order valence-corrected chi connectivity index (χ1v) is 21.2. The van der Waals surface area contributed by atoms with Gasteiger partial charge in [-0.2, -0.15) is 0 Å². The quantitative estimate of drug-likeness (QED) is 0.0444. The van der Waals surface area contributed by atoms with Gasteiger partial charge in [0.15, 0.2) is 0 Å². The maximum absolute atomic E-state index is 11.6. The SMILES string of the molecule is CCCCCCCCCCCCCCCCOCCOCCOCCOCCOCCOCCOCCOCCOCCOC(=O)CCCCCC. The monoisotopic (exact) mass is 751 g/mol. The number of esters is 1. The van der Waals surface area contributed by atoms with Gasteiger partial charge in [-0.05, 0) is 12.8 Å². The van der Waals surface area contributed by atoms with Crippen LogP contribution in [-0.2, 0) is 52.2 Å². The molecule has 0 radical (unpaired) electrons. The van der Waals surface area contributed by atoms with Crippen LogP contribution < -0.4 is 0 Å². The second kappa shape index (κ2) is 48.1. The Bertz CT molecular complexity index is 656. The van der Waals surface area contributed by atoms with Crippen LogP contribution in [0.25, 0.3) is 0 Å². The first-order chi connectivity index (χ1) is 25.8. The van der Waals surface area contributed by atoms with Crippen molar-refractivity contribution in [3.05, 3.63) is 0 Å². The smallest absolute Gasteiger partial charge is 0.305 e. The Morgan fingerprint density at radius 1 is 0.269 bits per heavy atom. The van der Waals surface area contributed by atoms with E-state index in [1.165, 1.54) is 83.5 Å². The summed E-state index contributed by atoms with van der Waals surface area (Å²) in [6.07, 6.45) is 24.0. The van der Waals surface area contributed by atoms with Crippen molar-refractivity contribution < 1.29 is 52.2 Å². The highest BCUT2D eigenvalue weighted by molar-refractivity contribution is 5.69. The molecule has 0 rings (SSSR count). The number of hydrogen-bond acceptors (Lipinski definition) is 11. The molecule has 0 N–H and O–H groups in total. The van der Waals surface area contributed by atoms with Crippen molar-refractivity contribution in [1.82, 2.24) is 0 Å². The molecule has 52 heavy (non-hydrogen) atoms. The summed E-state index contributed by atoms with van der Waals surface area (Å²) in [6.45, 7) is 14.4. The minimum absolute atomic E-state index is 0.147. The van der Waals surface area contributed by atoms with Gasteiger partial charge in [-0.25, -0.2) is 0 Å². The van der Waals surface area contributed by atoms with Crippen molar-refractivity contribution in [2.24, 2.45) is 0 Å². The van der Waals surface area contributed by atoms with Crippen LogP contribution in [-0.4, -0.2) is 132 Å². The highest BCUT2D eigenvalue weighted by Crippen LogP contribution is 2.13. The predicted octanol–water partition coefficient (Wildman–Crippen LogP) is 8.13. The van der Waals surface area contributed by atoms with Crippen molar-refractivity contribution in [2.45, 2.75) is 136 Å². The van der Waals surface area contributed by atoms with Crippen molar-refractivity contribution in [3.63, 3.8) is 0 Å². The Morgan fingerprint density at radius 3 is 0.808 bits per heavy atom. The molecule has 0 spiro atoms. The third-order valence-corrected chi connectivity index (χ3v) is 8.34. The zero-order valence-electron chi connectivity index (χ0n) is 33.9. The molecule has 0 atom stereocenters. The van der Waals surface area contributed by atoms with E-state index in [2.05, 4.69) is 13.8 Å². The molecule has 312 valence electrons. The van der Waals surface area contributed by atoms with Crippen LogP contribution >= 0.6 is 0 Å². The summed E-state index contributed by atoms with van der Waals surface area (Å²) in [5.74, 6) is -0.147. The van der Waals surface area contributed by atoms with Crippen molar-refractivity contribution in [3.8, 4) is 0 Å². The number of carbonyl (C=O) groups is 1. The van der Waals surface area contributed by atoms with E-state index in [1.807, 2.05) is 0 Å². The third kappa shape index (κ3) is 47.1. The minimum atomic E-state index is -0.147. The van der Waals surface area contributed by atoms with E-state index in [0.29, 0.717) is 119 Å². The number of rotatable bonds is 47. The number of unbranched alkanes of at least 4 members (excludes halogenated alkanes) is 16. The van der Waals surface area contributed by atoms with Gasteiger partial charge in [0, 0.05) is 13.0 Å². The molecule has 0 fully saturated rings. The molecule has 0 saturated carbocycles. The normalized spacial score (nSPS) is 11.5. The largest absolute Gasteiger partial charge is 0.463 e. The summed E-state index contributed by atoms with van der Waals surface area (Å²) in [4.78, 5) is 11.6. The first-order valence-electron chi connectivity index (χ1n) is 21.2. The van der Waals surface area contributed by atoms with Crippen molar-refractivity contribution in [1.29, 1.82) is 0 Å². The molecule has 0 aromatic rings. The molecule has 0 aromatic carbocycles. The summed E-state index contributed by atoms with van der Waals surface area (Å²) in [5.41, 5.74) is 0. The summed E-state index contributed by atoms with van der Waals surface area (Å²) in [6, 6.07) is 0. The van der Waals surface area contributed by atoms with E-state index < -0.39 is 0 Å². The minimum Gasteiger partial charge on any atom is -0.463 e. The molecule has 11 heteroatoms. The lowest BCUT2D eigenvalue weighted by Crippen LogP contribution is -2.15. The maximum Gasteiger partial charge on any atom is 0.305 e. The van der Waals surface area contributed by atoms with E-state index >= 15 is 0 Å². The van der Waals surface area contributed by atoms with Crippen LogP contribution in [0.1, 0.15) is 136 Å². The van der Waals surface area contributed by atoms with Gasteiger partial charge in [0.1, 0.15) is 6.61 Å². The Morgan fingerprint density at radius 2 is 0.500 bits per heavy atom. The zero-order chi connectivity index (χ0) is 37.5. The fourth-order valence-corrected chi connectivity index (χ4v) is 5.24. The summed E-state index contributed by atoms with van der Waals surface area (Å²) in [5, 5.41) is 0. The van der Waals surface area contributed by atoms with Crippen LogP contribution in [0.15, 0.2) is 0 Å². The van der Waals surface area contributed by atoms with Gasteiger partial charge in [0.25, 0.3) is 0 Å². The summed E-state index contributed by atoms with van der Waals surface area (Å²) < 4.78 is 54.8. The Kier molecular flexibility index (Phi) is 47.3. The molecule has 0 aliphatic rings. The van der Waals surface area contributed by atoms with E-state index in [0.717, 1.165) is 38.7 Å². The Balaban J connectivity index is 3.08. The lowest BCUT2D eigenvalue weighted by atomic mass is 10.0. The highest BCUT2D eigenvalue weighted by atomic mass is 16.6. The zero-order valence-corrected chi connectivity index (χ0v) is 33.9. The van der Waals surface area contributed by atoms with Crippen molar-refractivity contribution >= 4 is 5.97 Å². The number of hydrogen-bond donors (Lipinski definition) is 0. The lowest BCUT2D eigenvalue weighted by Gasteiger charge is -2.09. The molecule has 11 nitrogen and oxygen atoms in total. The average Bonchev–Trinajstić information content (AvgIpc) is 3.15. The molecule has 0 aliphatic carbocycles. The molecular formula is C41H82O11. The summed E-state index contributed by atoms with van der Waals surface area (Å²) in [7, 11) is 0. The van der Waals surface area contributed by atoms with Gasteiger partial charge < -0.3 is 47.4 Å². The number of carbonyl (C=O) groups excluding carboxylic acids is 1. The molecule has 0 saturated heterocycles. The second-order valence-electron chi connectivity index (χ2n) is 13.1. The van der Waals surface area contributed by atoms with Gasteiger partial charge in [-0.1, -0.05) is 117 Å². The van der Waals surface area contributed by atoms with Gasteiger partial charge >= 0.3 is 5.97 Å². The Hall–Kier alpha value is -0.890. The van der Waals surface area contributed by atoms with E-state index in [-0.39, 0.29) is 12.6 Å². The van der Waals surface area contributed by atoms with Crippen LogP contribution in [0.4, 0.5) is 0 Å².